The van der Waals surface area contributed by atoms with Crippen LogP contribution in [-0.2, 0) is 0 Å². The Kier molecular flexibility index (Phi) is 13.3. The van der Waals surface area contributed by atoms with Gasteiger partial charge in [0.15, 0.2) is 0 Å². The average molecular weight is 172 g/mol. The maximum absolute atomic E-state index is 2.34. The monoisotopic (exact) mass is 172 g/mol. The lowest BCUT2D eigenvalue weighted by Crippen LogP contribution is -2.06. The fraction of sp³-hybridized carbons (Fsp3) is 1.00. The number of hydrogen-bond donors (Lipinski definition) is 0. The van der Waals surface area contributed by atoms with Gasteiger partial charge in [-0.15, -0.1) is 0 Å². The van der Waals surface area contributed by atoms with Crippen LogP contribution in [0.5, 0.6) is 0 Å². The average Bonchev–Trinajstić information content (AvgIpc) is 2.09. The minimum Gasteiger partial charge on any atom is -0.0683 e. The molecule has 0 aromatic rings. The summed E-state index contributed by atoms with van der Waals surface area (Å²) in [5.74, 6) is 1.86. The zero-order chi connectivity index (χ0) is 9.98. The highest BCUT2D eigenvalue weighted by atomic mass is 14.1. The summed E-state index contributed by atoms with van der Waals surface area (Å²) in [6.07, 6.45) is 5.56. The first kappa shape index (κ1) is 14.5. The topological polar surface area (TPSA) is 0 Å². The Morgan fingerprint density at radius 2 is 1.50 bits per heavy atom. The molecule has 76 valence electrons. The van der Waals surface area contributed by atoms with Crippen LogP contribution in [0.15, 0.2) is 0 Å². The Balaban J connectivity index is 0. The minimum atomic E-state index is 0.886. The maximum atomic E-state index is 2.34. The quantitative estimate of drug-likeness (QED) is 0.554. The van der Waals surface area contributed by atoms with Gasteiger partial charge in [-0.05, 0) is 11.8 Å². The van der Waals surface area contributed by atoms with E-state index >= 15 is 0 Å². The van der Waals surface area contributed by atoms with Gasteiger partial charge >= 0.3 is 0 Å². The van der Waals surface area contributed by atoms with Crippen molar-refractivity contribution < 1.29 is 0 Å². The Labute approximate surface area is 79.8 Å². The van der Waals surface area contributed by atoms with Gasteiger partial charge in [0.05, 0.1) is 0 Å². The Morgan fingerprint density at radius 1 is 1.00 bits per heavy atom. The molecule has 0 bridgehead atoms. The normalized spacial score (nSPS) is 12.2. The second kappa shape index (κ2) is 11.0. The summed E-state index contributed by atoms with van der Waals surface area (Å²) in [6, 6.07) is 0. The molecule has 0 radical (unpaired) electrons. The van der Waals surface area contributed by atoms with Crippen LogP contribution in [0.3, 0.4) is 0 Å². The molecule has 0 spiro atoms. The van der Waals surface area contributed by atoms with Gasteiger partial charge in [0.2, 0.25) is 0 Å². The van der Waals surface area contributed by atoms with Crippen LogP contribution in [0.2, 0.25) is 0 Å². The molecule has 0 aliphatic carbocycles. The summed E-state index contributed by atoms with van der Waals surface area (Å²) in [7, 11) is 0. The van der Waals surface area contributed by atoms with Crippen molar-refractivity contribution in [1.82, 2.24) is 0 Å². The molecule has 0 nitrogen and oxygen atoms in total. The summed E-state index contributed by atoms with van der Waals surface area (Å²) < 4.78 is 0. The number of hydrogen-bond acceptors (Lipinski definition) is 0. The molecule has 0 heteroatoms. The molecule has 0 heterocycles. The summed E-state index contributed by atoms with van der Waals surface area (Å²) >= 11 is 0. The van der Waals surface area contributed by atoms with Gasteiger partial charge in [0.1, 0.15) is 0 Å². The van der Waals surface area contributed by atoms with Crippen LogP contribution < -0.4 is 0 Å². The number of rotatable bonds is 5. The van der Waals surface area contributed by atoms with Crippen LogP contribution in [0, 0.1) is 11.8 Å². The van der Waals surface area contributed by atoms with E-state index in [9.17, 15) is 0 Å². The first-order valence-corrected chi connectivity index (χ1v) is 5.72. The molecule has 0 aliphatic heterocycles. The second-order valence-electron chi connectivity index (χ2n) is 3.55. The number of unbranched alkanes of at least 4 members (excludes halogenated alkanes) is 1. The molecule has 0 unspecified atom stereocenters. The third-order valence-electron chi connectivity index (χ3n) is 2.40. The molecule has 0 saturated heterocycles. The molecule has 0 aromatic heterocycles. The van der Waals surface area contributed by atoms with Crippen molar-refractivity contribution in [2.45, 2.75) is 67.2 Å². The lowest BCUT2D eigenvalue weighted by Gasteiger charge is -2.17. The SMILES string of the molecule is CC.CCCC[C@@H](CC)C(C)C. The molecule has 0 fully saturated rings. The molecule has 0 saturated carbocycles. The van der Waals surface area contributed by atoms with Gasteiger partial charge in [0, 0.05) is 0 Å². The third-order valence-corrected chi connectivity index (χ3v) is 2.40. The van der Waals surface area contributed by atoms with Crippen LogP contribution >= 0.6 is 0 Å². The van der Waals surface area contributed by atoms with Crippen molar-refractivity contribution in [1.29, 1.82) is 0 Å². The van der Waals surface area contributed by atoms with Gasteiger partial charge in [-0.3, -0.25) is 0 Å². The molecule has 0 N–H and O–H groups in total. The molecule has 0 amide bonds. The summed E-state index contributed by atoms with van der Waals surface area (Å²) in [5, 5.41) is 0. The largest absolute Gasteiger partial charge is 0.0683 e. The van der Waals surface area contributed by atoms with Crippen LogP contribution in [0.1, 0.15) is 67.2 Å². The third kappa shape index (κ3) is 8.10. The molecular formula is C12H28. The lowest BCUT2D eigenvalue weighted by atomic mass is 9.89. The van der Waals surface area contributed by atoms with Crippen LogP contribution in [0.25, 0.3) is 0 Å². The van der Waals surface area contributed by atoms with Crippen LogP contribution in [0.4, 0.5) is 0 Å². The molecule has 1 atom stereocenters. The highest BCUT2D eigenvalue weighted by Gasteiger charge is 2.08. The van der Waals surface area contributed by atoms with E-state index in [1.807, 2.05) is 13.8 Å². The molecule has 0 aliphatic rings. The van der Waals surface area contributed by atoms with E-state index < -0.39 is 0 Å². The van der Waals surface area contributed by atoms with Gasteiger partial charge in [-0.25, -0.2) is 0 Å². The van der Waals surface area contributed by atoms with E-state index in [0.717, 1.165) is 11.8 Å². The zero-order valence-corrected chi connectivity index (χ0v) is 9.98. The van der Waals surface area contributed by atoms with Crippen LogP contribution in [-0.4, -0.2) is 0 Å². The van der Waals surface area contributed by atoms with Gasteiger partial charge in [-0.1, -0.05) is 67.2 Å². The first-order chi connectivity index (χ1) is 5.72. The van der Waals surface area contributed by atoms with E-state index in [0.29, 0.717) is 0 Å². The van der Waals surface area contributed by atoms with Crippen molar-refractivity contribution in [3.63, 3.8) is 0 Å². The van der Waals surface area contributed by atoms with Gasteiger partial charge in [-0.2, -0.15) is 0 Å². The fourth-order valence-corrected chi connectivity index (χ4v) is 1.48. The van der Waals surface area contributed by atoms with E-state index in [4.69, 9.17) is 0 Å². The van der Waals surface area contributed by atoms with Crippen molar-refractivity contribution in [3.05, 3.63) is 0 Å². The van der Waals surface area contributed by atoms with Crippen molar-refractivity contribution in [3.8, 4) is 0 Å². The van der Waals surface area contributed by atoms with Crippen molar-refractivity contribution >= 4 is 0 Å². The zero-order valence-electron chi connectivity index (χ0n) is 9.98. The van der Waals surface area contributed by atoms with Crippen molar-refractivity contribution in [2.75, 3.05) is 0 Å². The summed E-state index contributed by atoms with van der Waals surface area (Å²) in [5.41, 5.74) is 0. The molecule has 12 heavy (non-hydrogen) atoms. The Hall–Kier alpha value is 0. The molecular weight excluding hydrogens is 144 g/mol. The predicted octanol–water partition coefficient (Wildman–Crippen LogP) is 4.89. The minimum absolute atomic E-state index is 0.886. The van der Waals surface area contributed by atoms with Gasteiger partial charge < -0.3 is 0 Å². The second-order valence-corrected chi connectivity index (χ2v) is 3.55. The summed E-state index contributed by atoms with van der Waals surface area (Å²) in [4.78, 5) is 0. The maximum Gasteiger partial charge on any atom is -0.0394 e. The van der Waals surface area contributed by atoms with Gasteiger partial charge in [0.25, 0.3) is 0 Å². The fourth-order valence-electron chi connectivity index (χ4n) is 1.48. The molecule has 0 aromatic carbocycles. The van der Waals surface area contributed by atoms with Crippen molar-refractivity contribution in [2.24, 2.45) is 11.8 Å². The standard InChI is InChI=1S/C10H22.C2H6/c1-5-7-8-10(6-2)9(3)4;1-2/h9-10H,5-8H2,1-4H3;1-2H3/t10-;/m1./s1. The predicted molar refractivity (Wildman–Crippen MR) is 59.5 cm³/mol. The highest BCUT2D eigenvalue weighted by Crippen LogP contribution is 2.20. The van der Waals surface area contributed by atoms with E-state index in [-0.39, 0.29) is 0 Å². The Morgan fingerprint density at radius 3 is 1.75 bits per heavy atom. The lowest BCUT2D eigenvalue weighted by molar-refractivity contribution is 0.339. The molecule has 0 rings (SSSR count). The summed E-state index contributed by atoms with van der Waals surface area (Å²) in [6.45, 7) is 13.3. The smallest absolute Gasteiger partial charge is 0.0394 e. The Bertz CT molecular complexity index is 64.4. The van der Waals surface area contributed by atoms with E-state index in [1.165, 1.54) is 25.7 Å². The van der Waals surface area contributed by atoms with E-state index in [1.54, 1.807) is 0 Å². The first-order valence-electron chi connectivity index (χ1n) is 5.72. The highest BCUT2D eigenvalue weighted by molar-refractivity contribution is 4.60. The van der Waals surface area contributed by atoms with E-state index in [2.05, 4.69) is 27.7 Å².